The number of benzene rings is 2. The number of nitrogens with one attached hydrogen (secondary N) is 1. The van der Waals surface area contributed by atoms with E-state index < -0.39 is 0 Å². The van der Waals surface area contributed by atoms with Gasteiger partial charge in [0.2, 0.25) is 0 Å². The van der Waals surface area contributed by atoms with Crippen LogP contribution in [-0.2, 0) is 0 Å². The van der Waals surface area contributed by atoms with E-state index in [0.29, 0.717) is 5.56 Å². The van der Waals surface area contributed by atoms with Crippen LogP contribution in [0.3, 0.4) is 0 Å². The molecule has 1 N–H and O–H groups in total. The Labute approximate surface area is 135 Å². The second-order valence-corrected chi connectivity index (χ2v) is 6.45. The Kier molecular flexibility index (Phi) is 5.35. The molecule has 2 aromatic carbocycles. The highest BCUT2D eigenvalue weighted by molar-refractivity contribution is 9.10. The van der Waals surface area contributed by atoms with E-state index in [1.165, 1.54) is 6.07 Å². The number of hydrogen-bond acceptors (Lipinski definition) is 1. The van der Waals surface area contributed by atoms with Crippen molar-refractivity contribution in [2.45, 2.75) is 19.9 Å². The second-order valence-electron chi connectivity index (χ2n) is 4.68. The van der Waals surface area contributed by atoms with Crippen LogP contribution in [0.1, 0.15) is 29.7 Å². The maximum atomic E-state index is 14.2. The SMILES string of the molecule is CCNC(c1cc(Br)ccc1F)c1cc(C)ccc1Br. The Morgan fingerprint density at radius 2 is 1.85 bits per heavy atom. The van der Waals surface area contributed by atoms with Crippen LogP contribution >= 0.6 is 31.9 Å². The van der Waals surface area contributed by atoms with Crippen molar-refractivity contribution in [3.8, 4) is 0 Å². The maximum absolute atomic E-state index is 14.2. The normalized spacial score (nSPS) is 12.4. The van der Waals surface area contributed by atoms with Crippen molar-refractivity contribution in [3.63, 3.8) is 0 Å². The van der Waals surface area contributed by atoms with Gasteiger partial charge in [0.15, 0.2) is 0 Å². The lowest BCUT2D eigenvalue weighted by atomic mass is 9.97. The van der Waals surface area contributed by atoms with Crippen molar-refractivity contribution in [1.82, 2.24) is 5.32 Å². The molecule has 0 aromatic heterocycles. The minimum atomic E-state index is -0.201. The van der Waals surface area contributed by atoms with Crippen molar-refractivity contribution in [2.24, 2.45) is 0 Å². The lowest BCUT2D eigenvalue weighted by Gasteiger charge is -2.21. The first-order chi connectivity index (χ1) is 9.52. The number of halogens is 3. The largest absolute Gasteiger partial charge is 0.306 e. The van der Waals surface area contributed by atoms with Crippen LogP contribution in [0.2, 0.25) is 0 Å². The summed E-state index contributed by atoms with van der Waals surface area (Å²) in [6.45, 7) is 4.82. The van der Waals surface area contributed by atoms with Crippen LogP contribution in [0.4, 0.5) is 4.39 Å². The van der Waals surface area contributed by atoms with Gasteiger partial charge in [-0.3, -0.25) is 0 Å². The molecule has 0 aliphatic carbocycles. The van der Waals surface area contributed by atoms with E-state index in [4.69, 9.17) is 0 Å². The van der Waals surface area contributed by atoms with Gasteiger partial charge in [-0.2, -0.15) is 0 Å². The average molecular weight is 401 g/mol. The predicted octanol–water partition coefficient (Wildman–Crippen LogP) is 5.36. The minimum Gasteiger partial charge on any atom is -0.306 e. The fourth-order valence-electron chi connectivity index (χ4n) is 2.21. The van der Waals surface area contributed by atoms with Gasteiger partial charge in [-0.1, -0.05) is 56.5 Å². The molecule has 0 radical (unpaired) electrons. The molecule has 0 aliphatic rings. The van der Waals surface area contributed by atoms with Gasteiger partial charge in [0.25, 0.3) is 0 Å². The van der Waals surface area contributed by atoms with Crippen molar-refractivity contribution in [2.75, 3.05) is 6.54 Å². The molecule has 0 fully saturated rings. The van der Waals surface area contributed by atoms with Crippen LogP contribution in [0.25, 0.3) is 0 Å². The summed E-state index contributed by atoms with van der Waals surface area (Å²) in [7, 11) is 0. The number of hydrogen-bond donors (Lipinski definition) is 1. The third-order valence-corrected chi connectivity index (χ3v) is 4.36. The molecular weight excluding hydrogens is 385 g/mol. The van der Waals surface area contributed by atoms with Crippen molar-refractivity contribution in [3.05, 3.63) is 67.9 Å². The fraction of sp³-hybridized carbons (Fsp3) is 0.250. The molecule has 1 unspecified atom stereocenters. The molecule has 0 spiro atoms. The summed E-state index contributed by atoms with van der Waals surface area (Å²) >= 11 is 6.98. The van der Waals surface area contributed by atoms with Gasteiger partial charge in [0.05, 0.1) is 6.04 Å². The standard InChI is InChI=1S/C16H16Br2FN/c1-3-20-16(12-8-10(2)4-6-14(12)18)13-9-11(17)5-7-15(13)19/h4-9,16,20H,3H2,1-2H3. The highest BCUT2D eigenvalue weighted by atomic mass is 79.9. The van der Waals surface area contributed by atoms with Gasteiger partial charge in [-0.05, 0) is 43.3 Å². The molecule has 0 aliphatic heterocycles. The van der Waals surface area contributed by atoms with E-state index in [2.05, 4.69) is 43.2 Å². The molecule has 1 atom stereocenters. The minimum absolute atomic E-state index is 0.174. The van der Waals surface area contributed by atoms with Gasteiger partial charge < -0.3 is 5.32 Å². The van der Waals surface area contributed by atoms with Crippen LogP contribution < -0.4 is 5.32 Å². The van der Waals surface area contributed by atoms with E-state index in [1.54, 1.807) is 6.07 Å². The first-order valence-corrected chi connectivity index (χ1v) is 8.06. The summed E-state index contributed by atoms with van der Waals surface area (Å²) in [5, 5.41) is 3.36. The van der Waals surface area contributed by atoms with Gasteiger partial charge in [0, 0.05) is 14.5 Å². The molecule has 1 nitrogen and oxygen atoms in total. The first kappa shape index (κ1) is 15.7. The van der Waals surface area contributed by atoms with Gasteiger partial charge >= 0.3 is 0 Å². The lowest BCUT2D eigenvalue weighted by Crippen LogP contribution is -2.23. The van der Waals surface area contributed by atoms with Crippen molar-refractivity contribution < 1.29 is 4.39 Å². The molecule has 0 bridgehead atoms. The van der Waals surface area contributed by atoms with Crippen LogP contribution in [0, 0.1) is 12.7 Å². The summed E-state index contributed by atoms with van der Waals surface area (Å²) in [6.07, 6.45) is 0. The van der Waals surface area contributed by atoms with E-state index in [-0.39, 0.29) is 11.9 Å². The molecule has 0 amide bonds. The van der Waals surface area contributed by atoms with Gasteiger partial charge in [-0.25, -0.2) is 4.39 Å². The second kappa shape index (κ2) is 6.83. The molecule has 4 heteroatoms. The molecule has 0 heterocycles. The van der Waals surface area contributed by atoms with E-state index in [0.717, 1.165) is 26.6 Å². The third kappa shape index (κ3) is 3.48. The highest BCUT2D eigenvalue weighted by Gasteiger charge is 2.19. The number of aryl methyl sites for hydroxylation is 1. The topological polar surface area (TPSA) is 12.0 Å². The molecule has 2 aromatic rings. The average Bonchev–Trinajstić information content (AvgIpc) is 2.42. The zero-order valence-electron chi connectivity index (χ0n) is 11.4. The van der Waals surface area contributed by atoms with Crippen LogP contribution in [0.15, 0.2) is 45.3 Å². The lowest BCUT2D eigenvalue weighted by molar-refractivity contribution is 0.557. The summed E-state index contributed by atoms with van der Waals surface area (Å²) < 4.78 is 16.0. The summed E-state index contributed by atoms with van der Waals surface area (Å²) in [5.41, 5.74) is 2.85. The quantitative estimate of drug-likeness (QED) is 0.728. The zero-order chi connectivity index (χ0) is 14.7. The Hall–Kier alpha value is -0.710. The Balaban J connectivity index is 2.55. The van der Waals surface area contributed by atoms with Crippen molar-refractivity contribution in [1.29, 1.82) is 0 Å². The third-order valence-electron chi connectivity index (χ3n) is 3.14. The zero-order valence-corrected chi connectivity index (χ0v) is 14.6. The van der Waals surface area contributed by atoms with E-state index in [1.807, 2.05) is 32.0 Å². The van der Waals surface area contributed by atoms with Crippen LogP contribution in [0.5, 0.6) is 0 Å². The Morgan fingerprint density at radius 3 is 2.55 bits per heavy atom. The van der Waals surface area contributed by atoms with Gasteiger partial charge in [0.1, 0.15) is 5.82 Å². The van der Waals surface area contributed by atoms with Crippen molar-refractivity contribution >= 4 is 31.9 Å². The maximum Gasteiger partial charge on any atom is 0.128 e. The smallest absolute Gasteiger partial charge is 0.128 e. The van der Waals surface area contributed by atoms with E-state index >= 15 is 0 Å². The van der Waals surface area contributed by atoms with Gasteiger partial charge in [-0.15, -0.1) is 0 Å². The summed E-state index contributed by atoms with van der Waals surface area (Å²) in [5.74, 6) is -0.201. The predicted molar refractivity (Wildman–Crippen MR) is 88.5 cm³/mol. The number of rotatable bonds is 4. The molecule has 0 saturated carbocycles. The Morgan fingerprint density at radius 1 is 1.10 bits per heavy atom. The Bertz CT molecular complexity index is 562. The molecular formula is C16H16Br2FN. The monoisotopic (exact) mass is 399 g/mol. The van der Waals surface area contributed by atoms with E-state index in [9.17, 15) is 4.39 Å². The summed E-state index contributed by atoms with van der Waals surface area (Å²) in [4.78, 5) is 0. The molecule has 2 rings (SSSR count). The molecule has 20 heavy (non-hydrogen) atoms. The summed E-state index contributed by atoms with van der Waals surface area (Å²) in [6, 6.07) is 11.0. The molecule has 106 valence electrons. The van der Waals surface area contributed by atoms with Crippen LogP contribution in [-0.4, -0.2) is 6.54 Å². The molecule has 0 saturated heterocycles. The highest BCUT2D eigenvalue weighted by Crippen LogP contribution is 2.32. The first-order valence-electron chi connectivity index (χ1n) is 6.47. The fourth-order valence-corrected chi connectivity index (χ4v) is 3.07.